The van der Waals surface area contributed by atoms with Gasteiger partial charge < -0.3 is 9.80 Å². The van der Waals surface area contributed by atoms with E-state index in [2.05, 4.69) is 4.98 Å². The van der Waals surface area contributed by atoms with E-state index in [4.69, 9.17) is 0 Å². The molecule has 124 valence electrons. The molecule has 5 nitrogen and oxygen atoms in total. The van der Waals surface area contributed by atoms with Gasteiger partial charge in [-0.15, -0.1) is 0 Å². The van der Waals surface area contributed by atoms with E-state index in [0.717, 1.165) is 10.9 Å². The third kappa shape index (κ3) is 3.27. The molecule has 0 N–H and O–H groups in total. The van der Waals surface area contributed by atoms with Gasteiger partial charge in [0.15, 0.2) is 11.6 Å². The van der Waals surface area contributed by atoms with Crippen molar-refractivity contribution in [2.45, 2.75) is 6.92 Å². The van der Waals surface area contributed by atoms with Crippen LogP contribution in [0, 0.1) is 5.82 Å². The van der Waals surface area contributed by atoms with Crippen molar-refractivity contribution in [3.8, 4) is 0 Å². The summed E-state index contributed by atoms with van der Waals surface area (Å²) in [6, 6.07) is 7.44. The van der Waals surface area contributed by atoms with Crippen molar-refractivity contribution >= 4 is 28.3 Å². The molecule has 0 spiro atoms. The third-order valence-electron chi connectivity index (χ3n) is 4.07. The smallest absolute Gasteiger partial charge is 0.246 e. The van der Waals surface area contributed by atoms with Gasteiger partial charge in [-0.3, -0.25) is 14.6 Å². The van der Waals surface area contributed by atoms with Crippen LogP contribution in [0.5, 0.6) is 0 Å². The monoisotopic (exact) mass is 327 g/mol. The van der Waals surface area contributed by atoms with Gasteiger partial charge in [0.25, 0.3) is 0 Å². The van der Waals surface area contributed by atoms with E-state index < -0.39 is 0 Å². The average molecular weight is 327 g/mol. The molecule has 0 unspecified atom stereocenters. The lowest BCUT2D eigenvalue weighted by atomic mass is 10.1. The second kappa shape index (κ2) is 6.78. The number of halogens is 1. The zero-order valence-electron chi connectivity index (χ0n) is 13.4. The molecular formula is C18H18FN3O2. The number of rotatable bonds is 3. The summed E-state index contributed by atoms with van der Waals surface area (Å²) < 4.78 is 14.3. The van der Waals surface area contributed by atoms with E-state index in [1.165, 1.54) is 25.3 Å². The van der Waals surface area contributed by atoms with Gasteiger partial charge in [-0.25, -0.2) is 4.39 Å². The van der Waals surface area contributed by atoms with Crippen LogP contribution in [0.2, 0.25) is 0 Å². The molecule has 6 heteroatoms. The molecule has 1 aromatic carbocycles. The van der Waals surface area contributed by atoms with Gasteiger partial charge >= 0.3 is 0 Å². The van der Waals surface area contributed by atoms with E-state index in [-0.39, 0.29) is 17.5 Å². The number of amides is 1. The van der Waals surface area contributed by atoms with Crippen LogP contribution in [0.15, 0.2) is 42.6 Å². The molecule has 2 heterocycles. The Kier molecular flexibility index (Phi) is 4.55. The van der Waals surface area contributed by atoms with Crippen LogP contribution in [-0.2, 0) is 9.59 Å². The maximum absolute atomic E-state index is 14.3. The highest BCUT2D eigenvalue weighted by molar-refractivity contribution is 5.97. The fraction of sp³-hybridized carbons (Fsp3) is 0.278. The predicted octanol–water partition coefficient (Wildman–Crippen LogP) is 2.17. The standard InChI is InChI=1S/C18H18FN3O2/c1-13(23)6-7-17(24)21-8-10-22(11-9-21)18-14-4-2-3-5-16(14)20-12-15(18)19/h2-7,12H,8-11H2,1H3. The second-order valence-corrected chi connectivity index (χ2v) is 5.73. The van der Waals surface area contributed by atoms with Crippen LogP contribution in [0.1, 0.15) is 6.92 Å². The maximum Gasteiger partial charge on any atom is 0.246 e. The molecule has 0 atom stereocenters. The average Bonchev–Trinajstić information content (AvgIpc) is 2.60. The van der Waals surface area contributed by atoms with E-state index in [1.54, 1.807) is 4.90 Å². The number of benzene rings is 1. The number of allylic oxidation sites excluding steroid dienone is 1. The zero-order valence-corrected chi connectivity index (χ0v) is 13.4. The predicted molar refractivity (Wildman–Crippen MR) is 90.3 cm³/mol. The number of hydrogen-bond donors (Lipinski definition) is 0. The number of anilines is 1. The molecule has 1 fully saturated rings. The Balaban J connectivity index is 1.77. The van der Waals surface area contributed by atoms with Crippen LogP contribution in [0.3, 0.4) is 0 Å². The van der Waals surface area contributed by atoms with Crippen molar-refractivity contribution in [3.05, 3.63) is 48.4 Å². The lowest BCUT2D eigenvalue weighted by Crippen LogP contribution is -2.48. The number of fused-ring (bicyclic) bond motifs is 1. The van der Waals surface area contributed by atoms with Gasteiger partial charge in [0, 0.05) is 37.6 Å². The van der Waals surface area contributed by atoms with Crippen LogP contribution in [0.25, 0.3) is 10.9 Å². The lowest BCUT2D eigenvalue weighted by molar-refractivity contribution is -0.126. The van der Waals surface area contributed by atoms with Gasteiger partial charge in [-0.1, -0.05) is 18.2 Å². The minimum atomic E-state index is -0.357. The van der Waals surface area contributed by atoms with Gasteiger partial charge in [0.2, 0.25) is 5.91 Å². The summed E-state index contributed by atoms with van der Waals surface area (Å²) in [4.78, 5) is 30.6. The first-order chi connectivity index (χ1) is 11.6. The van der Waals surface area contributed by atoms with Crippen molar-refractivity contribution in [1.82, 2.24) is 9.88 Å². The Morgan fingerprint density at radius 2 is 1.83 bits per heavy atom. The van der Waals surface area contributed by atoms with Crippen molar-refractivity contribution < 1.29 is 14.0 Å². The topological polar surface area (TPSA) is 53.5 Å². The third-order valence-corrected chi connectivity index (χ3v) is 4.07. The van der Waals surface area contributed by atoms with Gasteiger partial charge in [-0.05, 0) is 19.1 Å². The number of para-hydroxylation sites is 1. The molecule has 2 aromatic rings. The number of hydrogen-bond acceptors (Lipinski definition) is 4. The molecule has 1 saturated heterocycles. The first-order valence-corrected chi connectivity index (χ1v) is 7.82. The molecule has 0 radical (unpaired) electrons. The van der Waals surface area contributed by atoms with E-state index in [0.29, 0.717) is 31.9 Å². The lowest BCUT2D eigenvalue weighted by Gasteiger charge is -2.36. The van der Waals surface area contributed by atoms with Crippen molar-refractivity contribution in [2.24, 2.45) is 0 Å². The van der Waals surface area contributed by atoms with E-state index in [1.807, 2.05) is 29.2 Å². The number of ketones is 1. The molecular weight excluding hydrogens is 309 g/mol. The van der Waals surface area contributed by atoms with Gasteiger partial charge in [0.05, 0.1) is 17.4 Å². The number of carbonyl (C=O) groups excluding carboxylic acids is 2. The Morgan fingerprint density at radius 1 is 1.12 bits per heavy atom. The summed E-state index contributed by atoms with van der Waals surface area (Å²) in [6.45, 7) is 3.43. The molecule has 0 saturated carbocycles. The Labute approximate surface area is 139 Å². The normalized spacial score (nSPS) is 15.2. The molecule has 3 rings (SSSR count). The van der Waals surface area contributed by atoms with Gasteiger partial charge in [0.1, 0.15) is 0 Å². The summed E-state index contributed by atoms with van der Waals surface area (Å²) in [5.74, 6) is -0.706. The molecule has 1 aromatic heterocycles. The number of carbonyl (C=O) groups is 2. The molecule has 24 heavy (non-hydrogen) atoms. The summed E-state index contributed by atoms with van der Waals surface area (Å²) in [5, 5.41) is 0.772. The number of nitrogens with zero attached hydrogens (tertiary/aromatic N) is 3. The highest BCUT2D eigenvalue weighted by Gasteiger charge is 2.23. The summed E-state index contributed by atoms with van der Waals surface area (Å²) in [5.41, 5.74) is 1.28. The summed E-state index contributed by atoms with van der Waals surface area (Å²) in [7, 11) is 0. The SMILES string of the molecule is CC(=O)C=CC(=O)N1CCN(c2c(F)cnc3ccccc23)CC1. The van der Waals surface area contributed by atoms with Crippen molar-refractivity contribution in [3.63, 3.8) is 0 Å². The van der Waals surface area contributed by atoms with Crippen molar-refractivity contribution in [1.29, 1.82) is 0 Å². The van der Waals surface area contributed by atoms with Crippen LogP contribution in [-0.4, -0.2) is 47.8 Å². The maximum atomic E-state index is 14.3. The molecule has 0 bridgehead atoms. The number of aromatic nitrogens is 1. The minimum absolute atomic E-state index is 0.160. The molecule has 1 amide bonds. The minimum Gasteiger partial charge on any atom is -0.365 e. The van der Waals surface area contributed by atoms with E-state index >= 15 is 0 Å². The summed E-state index contributed by atoms with van der Waals surface area (Å²) >= 11 is 0. The first-order valence-electron chi connectivity index (χ1n) is 7.82. The van der Waals surface area contributed by atoms with Gasteiger partial charge in [-0.2, -0.15) is 0 Å². The fourth-order valence-electron chi connectivity index (χ4n) is 2.87. The van der Waals surface area contributed by atoms with E-state index in [9.17, 15) is 14.0 Å². The number of pyridine rings is 1. The highest BCUT2D eigenvalue weighted by atomic mass is 19.1. The fourth-order valence-corrected chi connectivity index (χ4v) is 2.87. The largest absolute Gasteiger partial charge is 0.365 e. The summed E-state index contributed by atoms with van der Waals surface area (Å²) in [6.07, 6.45) is 3.80. The Bertz CT molecular complexity index is 811. The Hall–Kier alpha value is -2.76. The molecule has 1 aliphatic heterocycles. The quantitative estimate of drug-likeness (QED) is 0.811. The van der Waals surface area contributed by atoms with Crippen LogP contribution in [0.4, 0.5) is 10.1 Å². The zero-order chi connectivity index (χ0) is 17.1. The first kappa shape index (κ1) is 16.1. The second-order valence-electron chi connectivity index (χ2n) is 5.73. The van der Waals surface area contributed by atoms with Crippen LogP contribution >= 0.6 is 0 Å². The molecule has 1 aliphatic rings. The highest BCUT2D eigenvalue weighted by Crippen LogP contribution is 2.29. The Morgan fingerprint density at radius 3 is 2.54 bits per heavy atom. The van der Waals surface area contributed by atoms with Crippen LogP contribution < -0.4 is 4.90 Å². The number of piperazine rings is 1. The van der Waals surface area contributed by atoms with Crippen molar-refractivity contribution in [2.75, 3.05) is 31.1 Å². The molecule has 0 aliphatic carbocycles.